The maximum Gasteiger partial charge on any atom is 0.176 e. The molecule has 0 amide bonds. The molecular weight excluding hydrogens is 156 g/mol. The minimum absolute atomic E-state index is 0.787. The molecule has 4 N–H and O–H groups in total. The van der Waals surface area contributed by atoms with Crippen LogP contribution in [0.15, 0.2) is 0 Å². The van der Waals surface area contributed by atoms with Gasteiger partial charge in [0.1, 0.15) is 0 Å². The molecule has 0 saturated carbocycles. The Hall–Kier alpha value is 0.0969. The van der Waals surface area contributed by atoms with Crippen LogP contribution in [0.3, 0.4) is 0 Å². The second-order valence-electron chi connectivity index (χ2n) is 2.72. The number of hydrogen-bond donors (Lipinski definition) is 2. The largest absolute Gasteiger partial charge is 0.423 e. The van der Waals surface area contributed by atoms with Crippen molar-refractivity contribution in [1.82, 2.24) is 0 Å². The number of hydrogen-bond acceptors (Lipinski definition) is 3. The van der Waals surface area contributed by atoms with Crippen LogP contribution in [0.1, 0.15) is 12.8 Å². The summed E-state index contributed by atoms with van der Waals surface area (Å²) in [6.45, 7) is 1.57. The van der Waals surface area contributed by atoms with E-state index in [1.54, 1.807) is 0 Å². The van der Waals surface area contributed by atoms with Gasteiger partial charge in [0.2, 0.25) is 0 Å². The molecule has 0 aliphatic heterocycles. The molecule has 0 unspecified atom stereocenters. The Morgan fingerprint density at radius 3 is 1.82 bits per heavy atom. The lowest BCUT2D eigenvalue weighted by atomic mass is 10.5. The van der Waals surface area contributed by atoms with Crippen LogP contribution in [0.2, 0.25) is 12.1 Å². The van der Waals surface area contributed by atoms with E-state index < -0.39 is 9.04 Å². The molecular formula is C7H20N2OSi. The lowest BCUT2D eigenvalue weighted by Crippen LogP contribution is -2.18. The van der Waals surface area contributed by atoms with Crippen molar-refractivity contribution in [3.8, 4) is 0 Å². The third-order valence-electron chi connectivity index (χ3n) is 1.79. The van der Waals surface area contributed by atoms with Gasteiger partial charge in [0, 0.05) is 7.11 Å². The van der Waals surface area contributed by atoms with E-state index in [0.717, 1.165) is 25.9 Å². The number of rotatable bonds is 7. The fraction of sp³-hybridized carbons (Fsp3) is 1.00. The summed E-state index contributed by atoms with van der Waals surface area (Å²) in [7, 11) is 0.901. The molecule has 0 aromatic rings. The molecule has 0 aromatic carbocycles. The van der Waals surface area contributed by atoms with Gasteiger partial charge in [0.25, 0.3) is 0 Å². The molecule has 0 saturated heterocycles. The van der Waals surface area contributed by atoms with Gasteiger partial charge in [-0.2, -0.15) is 0 Å². The standard InChI is InChI=1S/C7H20N2OSi/c1-10-11(6-2-4-8)7-3-5-9/h11H,2-9H2,1H3. The summed E-state index contributed by atoms with van der Waals surface area (Å²) in [5.41, 5.74) is 10.8. The van der Waals surface area contributed by atoms with Crippen molar-refractivity contribution in [2.24, 2.45) is 11.5 Å². The minimum Gasteiger partial charge on any atom is -0.423 e. The smallest absolute Gasteiger partial charge is 0.176 e. The van der Waals surface area contributed by atoms with E-state index in [2.05, 4.69) is 0 Å². The zero-order valence-electron chi connectivity index (χ0n) is 7.38. The Labute approximate surface area is 70.8 Å². The average Bonchev–Trinajstić information content (AvgIpc) is 2.05. The fourth-order valence-corrected chi connectivity index (χ4v) is 3.21. The molecule has 0 bridgehead atoms. The van der Waals surface area contributed by atoms with Crippen LogP contribution in [0.4, 0.5) is 0 Å². The van der Waals surface area contributed by atoms with Gasteiger partial charge < -0.3 is 15.9 Å². The molecule has 0 aromatic heterocycles. The summed E-state index contributed by atoms with van der Waals surface area (Å²) in [5.74, 6) is 0. The van der Waals surface area contributed by atoms with Gasteiger partial charge in [-0.3, -0.25) is 0 Å². The second kappa shape index (κ2) is 8.20. The Morgan fingerprint density at radius 2 is 1.55 bits per heavy atom. The van der Waals surface area contributed by atoms with Crippen molar-refractivity contribution < 1.29 is 4.43 Å². The summed E-state index contributed by atoms with van der Waals surface area (Å²) in [6, 6.07) is 2.40. The summed E-state index contributed by atoms with van der Waals surface area (Å²) >= 11 is 0. The Balaban J connectivity index is 3.25. The maximum absolute atomic E-state index is 5.40. The van der Waals surface area contributed by atoms with Crippen LogP contribution in [-0.4, -0.2) is 29.2 Å². The topological polar surface area (TPSA) is 61.3 Å². The van der Waals surface area contributed by atoms with Gasteiger partial charge in [0.05, 0.1) is 0 Å². The molecule has 0 fully saturated rings. The zero-order chi connectivity index (χ0) is 8.53. The van der Waals surface area contributed by atoms with Gasteiger partial charge >= 0.3 is 0 Å². The van der Waals surface area contributed by atoms with E-state index in [-0.39, 0.29) is 0 Å². The van der Waals surface area contributed by atoms with E-state index in [0.29, 0.717) is 0 Å². The van der Waals surface area contributed by atoms with Crippen molar-refractivity contribution in [2.45, 2.75) is 24.9 Å². The van der Waals surface area contributed by atoms with Crippen LogP contribution in [0.25, 0.3) is 0 Å². The summed E-state index contributed by atoms with van der Waals surface area (Å²) in [6.07, 6.45) is 2.21. The van der Waals surface area contributed by atoms with Crippen molar-refractivity contribution in [3.05, 3.63) is 0 Å². The predicted molar refractivity (Wildman–Crippen MR) is 51.1 cm³/mol. The molecule has 68 valence electrons. The fourth-order valence-electron chi connectivity index (χ4n) is 1.07. The monoisotopic (exact) mass is 176 g/mol. The summed E-state index contributed by atoms with van der Waals surface area (Å²) < 4.78 is 5.38. The molecule has 0 rings (SSSR count). The average molecular weight is 176 g/mol. The third-order valence-corrected chi connectivity index (χ3v) is 4.56. The first-order valence-corrected chi connectivity index (χ1v) is 6.38. The van der Waals surface area contributed by atoms with Crippen molar-refractivity contribution in [2.75, 3.05) is 20.2 Å². The Bertz CT molecular complexity index is 74.8. The van der Waals surface area contributed by atoms with Crippen molar-refractivity contribution in [1.29, 1.82) is 0 Å². The lowest BCUT2D eigenvalue weighted by Gasteiger charge is -2.11. The van der Waals surface area contributed by atoms with Gasteiger partial charge in [0.15, 0.2) is 9.04 Å². The Kier molecular flexibility index (Phi) is 8.27. The van der Waals surface area contributed by atoms with E-state index in [4.69, 9.17) is 15.9 Å². The zero-order valence-corrected chi connectivity index (χ0v) is 8.54. The number of nitrogens with two attached hydrogens (primary N) is 2. The molecule has 4 heteroatoms. The second-order valence-corrected chi connectivity index (χ2v) is 5.59. The molecule has 0 spiro atoms. The SMILES string of the molecule is CO[SiH](CCCN)CCCN. The van der Waals surface area contributed by atoms with Crippen LogP contribution >= 0.6 is 0 Å². The summed E-state index contributed by atoms with van der Waals surface area (Å²) in [5, 5.41) is 0. The quantitative estimate of drug-likeness (QED) is 0.539. The Morgan fingerprint density at radius 1 is 1.09 bits per heavy atom. The highest BCUT2D eigenvalue weighted by Gasteiger charge is 2.07. The van der Waals surface area contributed by atoms with Crippen molar-refractivity contribution in [3.63, 3.8) is 0 Å². The van der Waals surface area contributed by atoms with Gasteiger partial charge in [-0.05, 0) is 38.0 Å². The first kappa shape index (κ1) is 11.1. The van der Waals surface area contributed by atoms with Crippen LogP contribution in [0.5, 0.6) is 0 Å². The van der Waals surface area contributed by atoms with Gasteiger partial charge in [-0.25, -0.2) is 0 Å². The molecule has 0 atom stereocenters. The molecule has 0 aliphatic rings. The maximum atomic E-state index is 5.40. The molecule has 0 aliphatic carbocycles. The van der Waals surface area contributed by atoms with Crippen molar-refractivity contribution >= 4 is 9.04 Å². The van der Waals surface area contributed by atoms with Crippen LogP contribution in [-0.2, 0) is 4.43 Å². The van der Waals surface area contributed by atoms with E-state index in [1.807, 2.05) is 7.11 Å². The van der Waals surface area contributed by atoms with Gasteiger partial charge in [-0.1, -0.05) is 0 Å². The van der Waals surface area contributed by atoms with Crippen LogP contribution < -0.4 is 11.5 Å². The normalized spacial score (nSPS) is 10.9. The molecule has 0 radical (unpaired) electrons. The summed E-state index contributed by atoms with van der Waals surface area (Å²) in [4.78, 5) is 0. The van der Waals surface area contributed by atoms with E-state index >= 15 is 0 Å². The molecule has 0 heterocycles. The van der Waals surface area contributed by atoms with Crippen LogP contribution in [0, 0.1) is 0 Å². The lowest BCUT2D eigenvalue weighted by molar-refractivity contribution is 0.415. The minimum atomic E-state index is -0.908. The third kappa shape index (κ3) is 6.49. The first-order valence-electron chi connectivity index (χ1n) is 4.28. The van der Waals surface area contributed by atoms with E-state index in [9.17, 15) is 0 Å². The van der Waals surface area contributed by atoms with E-state index in [1.165, 1.54) is 12.1 Å². The van der Waals surface area contributed by atoms with Gasteiger partial charge in [-0.15, -0.1) is 0 Å². The highest BCUT2D eigenvalue weighted by molar-refractivity contribution is 6.51. The molecule has 11 heavy (non-hydrogen) atoms. The predicted octanol–water partition coefficient (Wildman–Crippen LogP) is 0.0542. The highest BCUT2D eigenvalue weighted by Crippen LogP contribution is 2.05. The first-order chi connectivity index (χ1) is 5.35. The molecule has 3 nitrogen and oxygen atoms in total. The highest BCUT2D eigenvalue weighted by atomic mass is 28.3.